The number of methoxy groups -OCH3 is 4. The second-order valence-corrected chi connectivity index (χ2v) is 3.94. The van der Waals surface area contributed by atoms with Crippen molar-refractivity contribution >= 4 is 0 Å². The molecule has 0 aliphatic rings. The lowest BCUT2D eigenvalue weighted by molar-refractivity contribution is -0.109. The molecule has 0 unspecified atom stereocenters. The van der Waals surface area contributed by atoms with Crippen LogP contribution in [0.15, 0.2) is 24.3 Å². The van der Waals surface area contributed by atoms with Crippen molar-refractivity contribution in [3.05, 3.63) is 35.4 Å². The predicted octanol–water partition coefficient (Wildman–Crippen LogP) is 2.53. The summed E-state index contributed by atoms with van der Waals surface area (Å²) in [5, 5.41) is 0. The SMILES string of the molecule is COC(CCc1ccccc1C(OC)OC)OC. The molecule has 4 heteroatoms. The lowest BCUT2D eigenvalue weighted by Gasteiger charge is -2.19. The van der Waals surface area contributed by atoms with Crippen LogP contribution in [0.4, 0.5) is 0 Å². The van der Waals surface area contributed by atoms with E-state index in [4.69, 9.17) is 18.9 Å². The highest BCUT2D eigenvalue weighted by molar-refractivity contribution is 5.28. The van der Waals surface area contributed by atoms with E-state index in [1.807, 2.05) is 18.2 Å². The first kappa shape index (κ1) is 15.1. The van der Waals surface area contributed by atoms with Crippen molar-refractivity contribution in [3.63, 3.8) is 0 Å². The van der Waals surface area contributed by atoms with Crippen LogP contribution in [-0.4, -0.2) is 34.7 Å². The van der Waals surface area contributed by atoms with Crippen molar-refractivity contribution in [1.82, 2.24) is 0 Å². The lowest BCUT2D eigenvalue weighted by Crippen LogP contribution is -2.15. The molecule has 0 spiro atoms. The molecule has 102 valence electrons. The van der Waals surface area contributed by atoms with Gasteiger partial charge in [-0.1, -0.05) is 24.3 Å². The Kier molecular flexibility index (Phi) is 6.90. The van der Waals surface area contributed by atoms with Gasteiger partial charge in [-0.15, -0.1) is 0 Å². The molecular formula is C14H22O4. The molecule has 0 saturated carbocycles. The fourth-order valence-electron chi connectivity index (χ4n) is 1.95. The average Bonchev–Trinajstić information content (AvgIpc) is 2.42. The number of ether oxygens (including phenoxy) is 4. The fraction of sp³-hybridized carbons (Fsp3) is 0.571. The summed E-state index contributed by atoms with van der Waals surface area (Å²) in [6, 6.07) is 8.08. The first-order chi connectivity index (χ1) is 8.76. The number of hydrogen-bond acceptors (Lipinski definition) is 4. The zero-order valence-corrected chi connectivity index (χ0v) is 11.5. The molecule has 0 aliphatic heterocycles. The van der Waals surface area contributed by atoms with Gasteiger partial charge in [0, 0.05) is 40.4 Å². The van der Waals surface area contributed by atoms with Gasteiger partial charge in [-0.25, -0.2) is 0 Å². The molecule has 0 aromatic heterocycles. The average molecular weight is 254 g/mol. The minimum absolute atomic E-state index is 0.179. The molecule has 0 aliphatic carbocycles. The summed E-state index contributed by atoms with van der Waals surface area (Å²) in [6.07, 6.45) is 1.14. The van der Waals surface area contributed by atoms with Crippen LogP contribution in [0, 0.1) is 0 Å². The summed E-state index contributed by atoms with van der Waals surface area (Å²) in [7, 11) is 6.57. The normalized spacial score (nSPS) is 11.4. The van der Waals surface area contributed by atoms with Crippen LogP contribution < -0.4 is 0 Å². The highest BCUT2D eigenvalue weighted by Crippen LogP contribution is 2.23. The summed E-state index contributed by atoms with van der Waals surface area (Å²) in [4.78, 5) is 0. The molecule has 1 aromatic carbocycles. The first-order valence-electron chi connectivity index (χ1n) is 5.95. The second-order valence-electron chi connectivity index (χ2n) is 3.94. The minimum Gasteiger partial charge on any atom is -0.356 e. The van der Waals surface area contributed by atoms with E-state index in [1.54, 1.807) is 28.4 Å². The lowest BCUT2D eigenvalue weighted by atomic mass is 10.0. The number of benzene rings is 1. The maximum absolute atomic E-state index is 5.30. The molecule has 0 fully saturated rings. The Morgan fingerprint density at radius 3 is 2.06 bits per heavy atom. The zero-order valence-electron chi connectivity index (χ0n) is 11.5. The minimum atomic E-state index is -0.329. The van der Waals surface area contributed by atoms with E-state index in [2.05, 4.69) is 6.07 Å². The van der Waals surface area contributed by atoms with Crippen molar-refractivity contribution in [2.75, 3.05) is 28.4 Å². The van der Waals surface area contributed by atoms with Gasteiger partial charge < -0.3 is 18.9 Å². The van der Waals surface area contributed by atoms with E-state index >= 15 is 0 Å². The molecule has 0 radical (unpaired) electrons. The van der Waals surface area contributed by atoms with Gasteiger partial charge >= 0.3 is 0 Å². The number of aryl methyl sites for hydroxylation is 1. The smallest absolute Gasteiger partial charge is 0.183 e. The quantitative estimate of drug-likeness (QED) is 0.668. The molecule has 1 rings (SSSR count). The van der Waals surface area contributed by atoms with Gasteiger partial charge in [0.05, 0.1) is 0 Å². The summed E-state index contributed by atoms with van der Waals surface area (Å²) in [5.41, 5.74) is 2.23. The van der Waals surface area contributed by atoms with Crippen molar-refractivity contribution < 1.29 is 18.9 Å². The van der Waals surface area contributed by atoms with Crippen LogP contribution in [0.3, 0.4) is 0 Å². The topological polar surface area (TPSA) is 36.9 Å². The molecule has 0 N–H and O–H groups in total. The van der Waals surface area contributed by atoms with E-state index in [1.165, 1.54) is 5.56 Å². The highest BCUT2D eigenvalue weighted by atomic mass is 16.7. The third-order valence-electron chi connectivity index (χ3n) is 2.91. The Hall–Kier alpha value is -0.940. The molecule has 0 atom stereocenters. The van der Waals surface area contributed by atoms with Gasteiger partial charge in [-0.3, -0.25) is 0 Å². The third-order valence-corrected chi connectivity index (χ3v) is 2.91. The molecule has 4 nitrogen and oxygen atoms in total. The Balaban J connectivity index is 2.75. The van der Waals surface area contributed by atoms with Crippen LogP contribution in [0.5, 0.6) is 0 Å². The zero-order chi connectivity index (χ0) is 13.4. The Morgan fingerprint density at radius 2 is 1.50 bits per heavy atom. The monoisotopic (exact) mass is 254 g/mol. The second kappa shape index (κ2) is 8.21. The van der Waals surface area contributed by atoms with Crippen molar-refractivity contribution in [2.45, 2.75) is 25.4 Å². The van der Waals surface area contributed by atoms with E-state index in [0.717, 1.165) is 18.4 Å². The summed E-state index contributed by atoms with van der Waals surface area (Å²) < 4.78 is 21.0. The summed E-state index contributed by atoms with van der Waals surface area (Å²) >= 11 is 0. The number of rotatable bonds is 8. The van der Waals surface area contributed by atoms with Gasteiger partial charge in [0.1, 0.15) is 0 Å². The van der Waals surface area contributed by atoms with Crippen LogP contribution in [-0.2, 0) is 25.4 Å². The molecule has 18 heavy (non-hydrogen) atoms. The number of hydrogen-bond donors (Lipinski definition) is 0. The third kappa shape index (κ3) is 4.07. The van der Waals surface area contributed by atoms with Crippen molar-refractivity contribution in [1.29, 1.82) is 0 Å². The fourth-order valence-corrected chi connectivity index (χ4v) is 1.95. The predicted molar refractivity (Wildman–Crippen MR) is 69.3 cm³/mol. The Labute approximate surface area is 109 Å². The summed E-state index contributed by atoms with van der Waals surface area (Å²) in [6.45, 7) is 0. The van der Waals surface area contributed by atoms with Crippen LogP contribution in [0.25, 0.3) is 0 Å². The van der Waals surface area contributed by atoms with E-state index in [0.29, 0.717) is 0 Å². The molecule has 0 bridgehead atoms. The van der Waals surface area contributed by atoms with E-state index in [9.17, 15) is 0 Å². The maximum atomic E-state index is 5.30. The molecule has 0 saturated heterocycles. The van der Waals surface area contributed by atoms with Gasteiger partial charge in [0.15, 0.2) is 12.6 Å². The standard InChI is InChI=1S/C14H22O4/c1-15-13(16-2)10-9-11-7-5-6-8-12(11)14(17-3)18-4/h5-8,13-14H,9-10H2,1-4H3. The molecule has 0 amide bonds. The van der Waals surface area contributed by atoms with Crippen LogP contribution in [0.1, 0.15) is 23.8 Å². The largest absolute Gasteiger partial charge is 0.356 e. The molecule has 0 heterocycles. The van der Waals surface area contributed by atoms with Crippen molar-refractivity contribution in [3.8, 4) is 0 Å². The van der Waals surface area contributed by atoms with Crippen molar-refractivity contribution in [2.24, 2.45) is 0 Å². The molecule has 1 aromatic rings. The van der Waals surface area contributed by atoms with E-state index < -0.39 is 0 Å². The van der Waals surface area contributed by atoms with E-state index in [-0.39, 0.29) is 12.6 Å². The molecular weight excluding hydrogens is 232 g/mol. The van der Waals surface area contributed by atoms with Crippen LogP contribution in [0.2, 0.25) is 0 Å². The maximum Gasteiger partial charge on any atom is 0.183 e. The van der Waals surface area contributed by atoms with Gasteiger partial charge in [0.25, 0.3) is 0 Å². The highest BCUT2D eigenvalue weighted by Gasteiger charge is 2.14. The Morgan fingerprint density at radius 1 is 0.889 bits per heavy atom. The summed E-state index contributed by atoms with van der Waals surface area (Å²) in [5.74, 6) is 0. The first-order valence-corrected chi connectivity index (χ1v) is 5.95. The van der Waals surface area contributed by atoms with Crippen LogP contribution >= 0.6 is 0 Å². The van der Waals surface area contributed by atoms with Gasteiger partial charge in [-0.2, -0.15) is 0 Å². The van der Waals surface area contributed by atoms with Gasteiger partial charge in [0.2, 0.25) is 0 Å². The Bertz CT molecular complexity index is 332. The van der Waals surface area contributed by atoms with Gasteiger partial charge in [-0.05, 0) is 12.0 Å².